The van der Waals surface area contributed by atoms with Gasteiger partial charge in [-0.2, -0.15) is 5.10 Å². The first-order valence-electron chi connectivity index (χ1n) is 6.66. The summed E-state index contributed by atoms with van der Waals surface area (Å²) < 4.78 is 0. The average Bonchev–Trinajstić information content (AvgIpc) is 2.63. The molecular weight excluding hydrogens is 323 g/mol. The molecule has 2 aromatic rings. The zero-order valence-electron chi connectivity index (χ0n) is 11.4. The molecule has 7 heteroatoms. The maximum atomic E-state index is 11.7. The van der Waals surface area contributed by atoms with E-state index in [-0.39, 0.29) is 5.91 Å². The third kappa shape index (κ3) is 3.37. The fourth-order valence-electron chi connectivity index (χ4n) is 2.16. The predicted octanol–water partition coefficient (Wildman–Crippen LogP) is 3.94. The molecule has 5 nitrogen and oxygen atoms in total. The van der Waals surface area contributed by atoms with Crippen molar-refractivity contribution in [2.45, 2.75) is 12.8 Å². The van der Waals surface area contributed by atoms with Gasteiger partial charge >= 0.3 is 0 Å². The number of pyridine rings is 1. The van der Waals surface area contributed by atoms with Gasteiger partial charge in [0, 0.05) is 29.1 Å². The third-order valence-electron chi connectivity index (χ3n) is 3.13. The van der Waals surface area contributed by atoms with Crippen LogP contribution in [0.2, 0.25) is 10.0 Å². The van der Waals surface area contributed by atoms with Gasteiger partial charge in [-0.15, -0.1) is 0 Å². The zero-order chi connectivity index (χ0) is 15.5. The van der Waals surface area contributed by atoms with Gasteiger partial charge in [-0.25, -0.2) is 0 Å². The van der Waals surface area contributed by atoms with Crippen LogP contribution in [0, 0.1) is 0 Å². The summed E-state index contributed by atoms with van der Waals surface area (Å²) in [7, 11) is 0. The van der Waals surface area contributed by atoms with E-state index in [1.807, 2.05) is 0 Å². The van der Waals surface area contributed by atoms with Crippen molar-refractivity contribution in [1.82, 2.24) is 4.98 Å². The van der Waals surface area contributed by atoms with Gasteiger partial charge in [-0.3, -0.25) is 15.2 Å². The summed E-state index contributed by atoms with van der Waals surface area (Å²) in [4.78, 5) is 16.0. The van der Waals surface area contributed by atoms with Gasteiger partial charge in [0.15, 0.2) is 0 Å². The summed E-state index contributed by atoms with van der Waals surface area (Å²) in [5, 5.41) is 8.22. The van der Waals surface area contributed by atoms with Crippen LogP contribution in [-0.4, -0.2) is 16.6 Å². The van der Waals surface area contributed by atoms with Crippen LogP contribution in [0.1, 0.15) is 18.5 Å². The Kier molecular flexibility index (Phi) is 4.27. The number of aromatic nitrogens is 1. The molecule has 1 aromatic heterocycles. The number of halogens is 2. The third-order valence-corrected chi connectivity index (χ3v) is 3.56. The molecule has 0 fully saturated rings. The minimum Gasteiger partial charge on any atom is -0.324 e. The van der Waals surface area contributed by atoms with Crippen LogP contribution < -0.4 is 10.7 Å². The highest BCUT2D eigenvalue weighted by Gasteiger charge is 2.19. The van der Waals surface area contributed by atoms with E-state index in [2.05, 4.69) is 20.8 Å². The van der Waals surface area contributed by atoms with Crippen molar-refractivity contribution < 1.29 is 4.79 Å². The fraction of sp³-hybridized carbons (Fsp3) is 0.133. The monoisotopic (exact) mass is 334 g/mol. The first-order chi connectivity index (χ1) is 10.6. The van der Waals surface area contributed by atoms with Gasteiger partial charge in [-0.05, 0) is 30.3 Å². The van der Waals surface area contributed by atoms with E-state index in [4.69, 9.17) is 23.2 Å². The second-order valence-corrected chi connectivity index (χ2v) is 5.65. The Bertz CT molecular complexity index is 741. The molecule has 22 heavy (non-hydrogen) atoms. The molecule has 0 bridgehead atoms. The van der Waals surface area contributed by atoms with Crippen molar-refractivity contribution in [2.75, 3.05) is 10.7 Å². The van der Waals surface area contributed by atoms with E-state index < -0.39 is 0 Å². The van der Waals surface area contributed by atoms with Crippen molar-refractivity contribution >= 4 is 46.2 Å². The van der Waals surface area contributed by atoms with Crippen LogP contribution in [-0.2, 0) is 4.79 Å². The first kappa shape index (κ1) is 14.8. The number of nitrogens with zero attached hydrogens (tertiary/aromatic N) is 2. The molecule has 0 saturated heterocycles. The van der Waals surface area contributed by atoms with Crippen molar-refractivity contribution in [1.29, 1.82) is 0 Å². The van der Waals surface area contributed by atoms with Crippen molar-refractivity contribution in [3.63, 3.8) is 0 Å². The lowest BCUT2D eigenvalue weighted by Gasteiger charge is -2.07. The summed E-state index contributed by atoms with van der Waals surface area (Å²) in [5.41, 5.74) is 5.61. The molecule has 0 unspecified atom stereocenters. The van der Waals surface area contributed by atoms with E-state index in [1.54, 1.807) is 36.5 Å². The van der Waals surface area contributed by atoms with Crippen molar-refractivity contribution in [3.8, 4) is 0 Å². The molecule has 0 atom stereocenters. The van der Waals surface area contributed by atoms with Crippen molar-refractivity contribution in [2.24, 2.45) is 5.10 Å². The normalized spacial score (nSPS) is 15.9. The zero-order valence-corrected chi connectivity index (χ0v) is 12.9. The molecule has 112 valence electrons. The molecule has 1 amide bonds. The Balaban J connectivity index is 1.91. The maximum absolute atomic E-state index is 11.7. The Morgan fingerprint density at radius 2 is 1.95 bits per heavy atom. The second kappa shape index (κ2) is 6.34. The topological polar surface area (TPSA) is 66.4 Å². The molecule has 0 saturated carbocycles. The summed E-state index contributed by atoms with van der Waals surface area (Å²) in [6, 6.07) is 8.66. The van der Waals surface area contributed by atoms with E-state index >= 15 is 0 Å². The molecule has 1 aromatic carbocycles. The number of nitrogens with one attached hydrogen (secondary N) is 2. The molecule has 0 radical (unpaired) electrons. The Hall–Kier alpha value is -2.11. The van der Waals surface area contributed by atoms with Gasteiger partial charge < -0.3 is 5.32 Å². The SMILES string of the molecule is O=C1CCC(=NNc2cc(Cl)cc(Cl)c2)c2ncccc2N1. The van der Waals surface area contributed by atoms with E-state index in [0.29, 0.717) is 45.7 Å². The van der Waals surface area contributed by atoms with Crippen LogP contribution in [0.4, 0.5) is 11.4 Å². The van der Waals surface area contributed by atoms with E-state index in [0.717, 1.165) is 0 Å². The van der Waals surface area contributed by atoms with Gasteiger partial charge in [0.25, 0.3) is 0 Å². The molecule has 2 N–H and O–H groups in total. The average molecular weight is 335 g/mol. The molecule has 1 aliphatic rings. The molecule has 0 spiro atoms. The minimum atomic E-state index is -0.0507. The number of benzene rings is 1. The van der Waals surface area contributed by atoms with Crippen LogP contribution in [0.15, 0.2) is 41.6 Å². The van der Waals surface area contributed by atoms with Crippen molar-refractivity contribution in [3.05, 3.63) is 52.3 Å². The summed E-state index contributed by atoms with van der Waals surface area (Å²) in [6.45, 7) is 0. The standard InChI is InChI=1S/C15H12Cl2N4O/c16-9-6-10(17)8-11(7-9)20-21-13-3-4-14(22)19-12-2-1-5-18-15(12)13/h1-2,5-8,20H,3-4H2,(H,19,22). The van der Waals surface area contributed by atoms with E-state index in [9.17, 15) is 4.79 Å². The number of carbonyl (C=O) groups is 1. The summed E-state index contributed by atoms with van der Waals surface area (Å²) in [5.74, 6) is -0.0507. The number of hydrazone groups is 1. The van der Waals surface area contributed by atoms with Crippen LogP contribution in [0.3, 0.4) is 0 Å². The molecular formula is C15H12Cl2N4O. The van der Waals surface area contributed by atoms with Gasteiger partial charge in [0.2, 0.25) is 5.91 Å². The van der Waals surface area contributed by atoms with Crippen LogP contribution >= 0.6 is 23.2 Å². The van der Waals surface area contributed by atoms with E-state index in [1.165, 1.54) is 0 Å². The van der Waals surface area contributed by atoms with Gasteiger partial charge in [0.1, 0.15) is 5.69 Å². The Morgan fingerprint density at radius 3 is 2.73 bits per heavy atom. The Morgan fingerprint density at radius 1 is 1.18 bits per heavy atom. The molecule has 0 aliphatic carbocycles. The number of hydrogen-bond acceptors (Lipinski definition) is 4. The van der Waals surface area contributed by atoms with Gasteiger partial charge in [-0.1, -0.05) is 23.2 Å². The highest BCUT2D eigenvalue weighted by Crippen LogP contribution is 2.24. The maximum Gasteiger partial charge on any atom is 0.224 e. The first-order valence-corrected chi connectivity index (χ1v) is 7.41. The molecule has 2 heterocycles. The number of anilines is 2. The minimum absolute atomic E-state index is 0.0507. The lowest BCUT2D eigenvalue weighted by molar-refractivity contribution is -0.116. The number of rotatable bonds is 2. The summed E-state index contributed by atoms with van der Waals surface area (Å²) in [6.07, 6.45) is 2.52. The number of carbonyl (C=O) groups excluding carboxylic acids is 1. The smallest absolute Gasteiger partial charge is 0.224 e. The number of hydrogen-bond donors (Lipinski definition) is 2. The molecule has 1 aliphatic heterocycles. The highest BCUT2D eigenvalue weighted by molar-refractivity contribution is 6.35. The number of fused-ring (bicyclic) bond motifs is 1. The quantitative estimate of drug-likeness (QED) is 0.817. The fourth-order valence-corrected chi connectivity index (χ4v) is 2.68. The predicted molar refractivity (Wildman–Crippen MR) is 88.7 cm³/mol. The lowest BCUT2D eigenvalue weighted by atomic mass is 10.1. The largest absolute Gasteiger partial charge is 0.324 e. The highest BCUT2D eigenvalue weighted by atomic mass is 35.5. The van der Waals surface area contributed by atoms with Crippen LogP contribution in [0.5, 0.6) is 0 Å². The second-order valence-electron chi connectivity index (χ2n) is 4.78. The number of amides is 1. The lowest BCUT2D eigenvalue weighted by Crippen LogP contribution is -2.09. The molecule has 3 rings (SSSR count). The van der Waals surface area contributed by atoms with Crippen LogP contribution in [0.25, 0.3) is 0 Å². The van der Waals surface area contributed by atoms with Gasteiger partial charge in [0.05, 0.1) is 17.1 Å². The summed E-state index contributed by atoms with van der Waals surface area (Å²) >= 11 is 11.9. The Labute approximate surface area is 137 Å².